The molecule has 2 heterocycles. The van der Waals surface area contributed by atoms with Crippen LogP contribution < -0.4 is 10.6 Å². The van der Waals surface area contributed by atoms with Crippen molar-refractivity contribution < 1.29 is 47.6 Å². The lowest BCUT2D eigenvalue weighted by molar-refractivity contribution is -0.120. The molecule has 15 heteroatoms. The van der Waals surface area contributed by atoms with Crippen LogP contribution in [0.25, 0.3) is 11.1 Å². The fraction of sp³-hybridized carbons (Fsp3) is 0.489. The van der Waals surface area contributed by atoms with Gasteiger partial charge in [-0.1, -0.05) is 49.9 Å². The smallest absolute Gasteiger partial charge is 0.255 e. The molecule has 2 fully saturated rings. The van der Waals surface area contributed by atoms with Crippen LogP contribution in [0.1, 0.15) is 82.8 Å². The van der Waals surface area contributed by atoms with Crippen molar-refractivity contribution in [2.45, 2.75) is 57.5 Å². The highest BCUT2D eigenvalue weighted by molar-refractivity contribution is 7.13. The van der Waals surface area contributed by atoms with Crippen LogP contribution in [-0.4, -0.2) is 105 Å². The maximum absolute atomic E-state index is 14.4. The number of carbonyl (C=O) groups excluding carboxylic acids is 3. The summed E-state index contributed by atoms with van der Waals surface area (Å²) in [5, 5.41) is 18.2. The van der Waals surface area contributed by atoms with E-state index in [-0.39, 0.29) is 23.8 Å². The normalized spacial score (nSPS) is 18.9. The summed E-state index contributed by atoms with van der Waals surface area (Å²) in [6.45, 7) is 5.58. The lowest BCUT2D eigenvalue weighted by Gasteiger charge is -2.27. The number of phenolic OH excluding ortho intramolecular Hbond substituents is 1. The molecule has 2 aliphatic carbocycles. The van der Waals surface area contributed by atoms with Gasteiger partial charge in [-0.3, -0.25) is 19.7 Å². The topological polar surface area (TPSA) is 158 Å². The number of nitrogens with zero attached hydrogens (tertiary/aromatic N) is 2. The largest absolute Gasteiger partial charge is 0.508 e. The van der Waals surface area contributed by atoms with E-state index in [4.69, 9.17) is 23.7 Å². The number of aromatic nitrogens is 1. The van der Waals surface area contributed by atoms with Gasteiger partial charge in [-0.25, -0.2) is 9.37 Å². The van der Waals surface area contributed by atoms with Gasteiger partial charge in [-0.15, -0.1) is 11.3 Å². The molecule has 7 rings (SSSR count). The quantitative estimate of drug-likeness (QED) is 0.0642. The van der Waals surface area contributed by atoms with Crippen molar-refractivity contribution in [2.24, 2.45) is 17.8 Å². The number of halogens is 1. The molecule has 332 valence electrons. The van der Waals surface area contributed by atoms with Crippen LogP contribution in [0.5, 0.6) is 5.75 Å². The second-order valence-electron chi connectivity index (χ2n) is 16.1. The van der Waals surface area contributed by atoms with Crippen LogP contribution in [-0.2, 0) is 35.0 Å². The van der Waals surface area contributed by atoms with Crippen LogP contribution in [0.2, 0.25) is 0 Å². The number of thiazole rings is 1. The Morgan fingerprint density at radius 3 is 2.23 bits per heavy atom. The molecule has 2 saturated carbocycles. The monoisotopic (exact) mass is 872 g/mol. The zero-order chi connectivity index (χ0) is 43.1. The summed E-state index contributed by atoms with van der Waals surface area (Å²) in [6.07, 6.45) is 11.2. The molecule has 13 nitrogen and oxygen atoms in total. The van der Waals surface area contributed by atoms with Gasteiger partial charge in [0.2, 0.25) is 0 Å². The number of benzene rings is 3. The summed E-state index contributed by atoms with van der Waals surface area (Å²) in [6, 6.07) is 14.4. The number of hydrogen-bond acceptors (Lipinski definition) is 11. The van der Waals surface area contributed by atoms with Gasteiger partial charge in [-0.05, 0) is 90.1 Å². The molecule has 3 aromatic carbocycles. The standard InChI is InChI=1S/C47H57FN4O9S/c48-39-12-13-42(53)41(29-39)43(45(55)51-47-50-15-25-62-47)52-30-37-11-10-36(28-40(37)46(52)56)33-6-8-34(9-7-33)44(54)49-14-16-57-17-18-58-19-20-59-21-22-60-23-24-61-31-32-4-2-1-3-5-35-27-38(35)26-32/h6-13,15,25,28-29,32,35,38,43,53H,1-5,14,16-24,26-27,30-31H2,(H,49,54)(H,50,51,55). The van der Waals surface area contributed by atoms with Gasteiger partial charge in [0, 0.05) is 48.0 Å². The minimum Gasteiger partial charge on any atom is -0.508 e. The molecule has 3 amide bonds. The van der Waals surface area contributed by atoms with Crippen LogP contribution in [0.3, 0.4) is 0 Å². The lowest BCUT2D eigenvalue weighted by Crippen LogP contribution is -2.37. The van der Waals surface area contributed by atoms with Gasteiger partial charge >= 0.3 is 0 Å². The average molecular weight is 873 g/mol. The van der Waals surface area contributed by atoms with Crippen molar-refractivity contribution in [3.05, 3.63) is 100 Å². The molecule has 62 heavy (non-hydrogen) atoms. The van der Waals surface area contributed by atoms with Crippen LogP contribution in [0.15, 0.2) is 72.2 Å². The average Bonchev–Trinajstić information content (AvgIpc) is 3.61. The van der Waals surface area contributed by atoms with E-state index in [2.05, 4.69) is 15.6 Å². The third-order valence-electron chi connectivity index (χ3n) is 11.7. The summed E-state index contributed by atoms with van der Waals surface area (Å²) in [5.74, 6) is 0.367. The van der Waals surface area contributed by atoms with Crippen molar-refractivity contribution in [1.82, 2.24) is 15.2 Å². The number of fused-ring (bicyclic) bond motifs is 2. The SMILES string of the molecule is O=C(NCCOCCOCCOCCOCCOCC1CCCCCC2CC2C1)c1ccc(-c2ccc3c(c2)C(=O)N(C(C(=O)Nc2nccs2)c2cc(F)ccc2O)C3)cc1. The number of hydrogen-bond donors (Lipinski definition) is 3. The number of phenols is 1. The van der Waals surface area contributed by atoms with Gasteiger partial charge < -0.3 is 39.0 Å². The van der Waals surface area contributed by atoms with Crippen LogP contribution >= 0.6 is 11.3 Å². The number of aromatic hydroxyl groups is 1. The molecule has 0 spiro atoms. The number of rotatable bonds is 23. The molecule has 3 aliphatic rings. The first-order valence-corrected chi connectivity index (χ1v) is 22.6. The van der Waals surface area contributed by atoms with Crippen molar-refractivity contribution in [2.75, 3.05) is 77.9 Å². The maximum Gasteiger partial charge on any atom is 0.255 e. The van der Waals surface area contributed by atoms with Crippen LogP contribution in [0, 0.1) is 23.6 Å². The predicted molar refractivity (Wildman–Crippen MR) is 233 cm³/mol. The Bertz CT molecular complexity index is 2070. The fourth-order valence-electron chi connectivity index (χ4n) is 8.31. The summed E-state index contributed by atoms with van der Waals surface area (Å²) in [7, 11) is 0. The second kappa shape index (κ2) is 23.1. The molecule has 4 unspecified atom stereocenters. The Kier molecular flexibility index (Phi) is 16.8. The molecule has 0 saturated heterocycles. The van der Waals surface area contributed by atoms with E-state index in [9.17, 15) is 23.9 Å². The molecule has 1 aliphatic heterocycles. The van der Waals surface area contributed by atoms with Gasteiger partial charge in [0.25, 0.3) is 17.7 Å². The fourth-order valence-corrected chi connectivity index (χ4v) is 8.85. The number of nitrogens with one attached hydrogen (secondary N) is 2. The molecule has 3 N–H and O–H groups in total. The Labute approximate surface area is 366 Å². The first-order valence-electron chi connectivity index (χ1n) is 21.7. The predicted octanol–water partition coefficient (Wildman–Crippen LogP) is 7.41. The van der Waals surface area contributed by atoms with Crippen molar-refractivity contribution in [3.8, 4) is 16.9 Å². The van der Waals surface area contributed by atoms with Gasteiger partial charge in [0.05, 0.1) is 59.5 Å². The van der Waals surface area contributed by atoms with Crippen molar-refractivity contribution in [1.29, 1.82) is 0 Å². The van der Waals surface area contributed by atoms with Gasteiger partial charge in [0.1, 0.15) is 17.6 Å². The summed E-state index contributed by atoms with van der Waals surface area (Å²) >= 11 is 1.19. The number of anilines is 1. The number of carbonyl (C=O) groups is 3. The highest BCUT2D eigenvalue weighted by atomic mass is 32.1. The first kappa shape index (κ1) is 45.3. The van der Waals surface area contributed by atoms with Crippen molar-refractivity contribution in [3.63, 3.8) is 0 Å². The van der Waals surface area contributed by atoms with Gasteiger partial charge in [0.15, 0.2) is 5.13 Å². The molecule has 0 bridgehead atoms. The Hall–Kier alpha value is -4.77. The summed E-state index contributed by atoms with van der Waals surface area (Å²) < 4.78 is 42.7. The first-order chi connectivity index (χ1) is 30.3. The van der Waals surface area contributed by atoms with E-state index in [0.717, 1.165) is 47.8 Å². The molecule has 4 aromatic rings. The Balaban J connectivity index is 0.749. The minimum atomic E-state index is -1.33. The van der Waals surface area contributed by atoms with Crippen LogP contribution in [0.4, 0.5) is 9.52 Å². The maximum atomic E-state index is 14.4. The summed E-state index contributed by atoms with van der Waals surface area (Å²) in [5.41, 5.74) is 2.99. The second-order valence-corrected chi connectivity index (χ2v) is 17.0. The van der Waals surface area contributed by atoms with E-state index >= 15 is 0 Å². The van der Waals surface area contributed by atoms with E-state index in [1.807, 2.05) is 6.07 Å². The molecular weight excluding hydrogens is 816 g/mol. The third-order valence-corrected chi connectivity index (χ3v) is 12.4. The Morgan fingerprint density at radius 1 is 0.806 bits per heavy atom. The highest BCUT2D eigenvalue weighted by Crippen LogP contribution is 2.48. The molecule has 0 radical (unpaired) electrons. The number of amides is 3. The molecular formula is C47H57FN4O9S. The van der Waals surface area contributed by atoms with Crippen molar-refractivity contribution >= 4 is 34.2 Å². The molecule has 4 atom stereocenters. The van der Waals surface area contributed by atoms with E-state index < -0.39 is 23.7 Å². The third kappa shape index (κ3) is 12.9. The zero-order valence-corrected chi connectivity index (χ0v) is 35.9. The van der Waals surface area contributed by atoms with E-state index in [0.29, 0.717) is 93.7 Å². The zero-order valence-electron chi connectivity index (χ0n) is 35.1. The Morgan fingerprint density at radius 2 is 1.50 bits per heavy atom. The van der Waals surface area contributed by atoms with E-state index in [1.54, 1.807) is 41.8 Å². The number of ether oxygens (including phenoxy) is 5. The van der Waals surface area contributed by atoms with E-state index in [1.165, 1.54) is 67.4 Å². The molecule has 1 aromatic heterocycles. The summed E-state index contributed by atoms with van der Waals surface area (Å²) in [4.78, 5) is 45.6. The highest BCUT2D eigenvalue weighted by Gasteiger charge is 2.40. The lowest BCUT2D eigenvalue weighted by atomic mass is 9.97. The minimum absolute atomic E-state index is 0.0403. The van der Waals surface area contributed by atoms with Gasteiger partial charge in [-0.2, -0.15) is 0 Å².